The van der Waals surface area contributed by atoms with Crippen LogP contribution in [0.4, 0.5) is 0 Å². The second kappa shape index (κ2) is 7.29. The first-order chi connectivity index (χ1) is 9.26. The van der Waals surface area contributed by atoms with Crippen LogP contribution >= 0.6 is 0 Å². The fourth-order valence-electron chi connectivity index (χ4n) is 1.50. The number of hydrogen-bond donors (Lipinski definition) is 1. The van der Waals surface area contributed by atoms with Crippen molar-refractivity contribution in [3.63, 3.8) is 0 Å². The number of benzene rings is 1. The van der Waals surface area contributed by atoms with Crippen LogP contribution in [0.3, 0.4) is 0 Å². The third kappa shape index (κ3) is 7.14. The second-order valence-electron chi connectivity index (χ2n) is 5.99. The number of hydrogen-bond acceptors (Lipinski definition) is 3. The van der Waals surface area contributed by atoms with Gasteiger partial charge in [0.25, 0.3) is 0 Å². The van der Waals surface area contributed by atoms with Crippen LogP contribution in [0.1, 0.15) is 33.3 Å². The standard InChI is InChI=1S/C16H25NO3/c1-12-6-8-14(9-7-12)19-10-13(2)17-15(18)11-20-16(3,4)5/h6-9,13H,10-11H2,1-5H3,(H,17,18). The summed E-state index contributed by atoms with van der Waals surface area (Å²) in [5.41, 5.74) is 0.886. The van der Waals surface area contributed by atoms with Crippen LogP contribution in [0.25, 0.3) is 0 Å². The number of aryl methyl sites for hydroxylation is 1. The van der Waals surface area contributed by atoms with E-state index in [9.17, 15) is 4.79 Å². The molecule has 0 radical (unpaired) electrons. The van der Waals surface area contributed by atoms with E-state index < -0.39 is 0 Å². The number of carbonyl (C=O) groups excluding carboxylic acids is 1. The van der Waals surface area contributed by atoms with Gasteiger partial charge in [0.15, 0.2) is 0 Å². The van der Waals surface area contributed by atoms with E-state index in [1.807, 2.05) is 58.9 Å². The van der Waals surface area contributed by atoms with Crippen LogP contribution < -0.4 is 10.1 Å². The molecular formula is C16H25NO3. The van der Waals surface area contributed by atoms with E-state index in [1.165, 1.54) is 5.56 Å². The van der Waals surface area contributed by atoms with Crippen molar-refractivity contribution in [3.05, 3.63) is 29.8 Å². The average Bonchev–Trinajstić information content (AvgIpc) is 2.35. The summed E-state index contributed by atoms with van der Waals surface area (Å²) in [5, 5.41) is 2.85. The number of amides is 1. The molecule has 1 rings (SSSR count). The zero-order valence-electron chi connectivity index (χ0n) is 13.0. The first-order valence-corrected chi connectivity index (χ1v) is 6.89. The molecule has 0 saturated carbocycles. The summed E-state index contributed by atoms with van der Waals surface area (Å²) in [6, 6.07) is 7.78. The van der Waals surface area contributed by atoms with E-state index >= 15 is 0 Å². The molecule has 0 saturated heterocycles. The second-order valence-corrected chi connectivity index (χ2v) is 5.99. The van der Waals surface area contributed by atoms with Crippen molar-refractivity contribution in [3.8, 4) is 5.75 Å². The van der Waals surface area contributed by atoms with E-state index in [2.05, 4.69) is 5.32 Å². The summed E-state index contributed by atoms with van der Waals surface area (Å²) in [7, 11) is 0. The van der Waals surface area contributed by atoms with Crippen molar-refractivity contribution < 1.29 is 14.3 Å². The molecule has 0 spiro atoms. The molecule has 0 bridgehead atoms. The van der Waals surface area contributed by atoms with Crippen molar-refractivity contribution in [1.82, 2.24) is 5.32 Å². The van der Waals surface area contributed by atoms with Gasteiger partial charge in [-0.1, -0.05) is 17.7 Å². The van der Waals surface area contributed by atoms with Crippen LogP contribution in [0.15, 0.2) is 24.3 Å². The topological polar surface area (TPSA) is 47.6 Å². The Kier molecular flexibility index (Phi) is 6.02. The van der Waals surface area contributed by atoms with Gasteiger partial charge in [0, 0.05) is 0 Å². The van der Waals surface area contributed by atoms with E-state index in [4.69, 9.17) is 9.47 Å². The summed E-state index contributed by atoms with van der Waals surface area (Å²) in [6.45, 7) is 10.2. The largest absolute Gasteiger partial charge is 0.491 e. The van der Waals surface area contributed by atoms with Gasteiger partial charge in [-0.2, -0.15) is 0 Å². The SMILES string of the molecule is Cc1ccc(OCC(C)NC(=O)COC(C)(C)C)cc1. The Morgan fingerprint density at radius 3 is 2.40 bits per heavy atom. The first kappa shape index (κ1) is 16.5. The van der Waals surface area contributed by atoms with Crippen LogP contribution in [-0.4, -0.2) is 30.8 Å². The highest BCUT2D eigenvalue weighted by atomic mass is 16.5. The monoisotopic (exact) mass is 279 g/mol. The maximum Gasteiger partial charge on any atom is 0.246 e. The molecule has 1 amide bonds. The average molecular weight is 279 g/mol. The van der Waals surface area contributed by atoms with Crippen LogP contribution in [0.2, 0.25) is 0 Å². The minimum atomic E-state index is -0.307. The fraction of sp³-hybridized carbons (Fsp3) is 0.562. The zero-order chi connectivity index (χ0) is 15.2. The smallest absolute Gasteiger partial charge is 0.246 e. The van der Waals surface area contributed by atoms with E-state index in [-0.39, 0.29) is 24.2 Å². The van der Waals surface area contributed by atoms with Gasteiger partial charge >= 0.3 is 0 Å². The predicted molar refractivity (Wildman–Crippen MR) is 80.0 cm³/mol. The Morgan fingerprint density at radius 1 is 1.25 bits per heavy atom. The molecule has 4 heteroatoms. The predicted octanol–water partition coefficient (Wildman–Crippen LogP) is 2.69. The number of carbonyl (C=O) groups is 1. The molecule has 112 valence electrons. The molecule has 4 nitrogen and oxygen atoms in total. The van der Waals surface area contributed by atoms with Crippen molar-refractivity contribution >= 4 is 5.91 Å². The fourth-order valence-corrected chi connectivity index (χ4v) is 1.50. The van der Waals surface area contributed by atoms with Gasteiger partial charge < -0.3 is 14.8 Å². The van der Waals surface area contributed by atoms with Gasteiger partial charge in [0.1, 0.15) is 19.0 Å². The van der Waals surface area contributed by atoms with E-state index in [0.717, 1.165) is 5.75 Å². The third-order valence-corrected chi connectivity index (χ3v) is 2.56. The third-order valence-electron chi connectivity index (χ3n) is 2.56. The van der Waals surface area contributed by atoms with Gasteiger partial charge in [-0.05, 0) is 46.8 Å². The lowest BCUT2D eigenvalue weighted by molar-refractivity contribution is -0.131. The molecule has 0 heterocycles. The number of rotatable bonds is 6. The summed E-state index contributed by atoms with van der Waals surface area (Å²) in [6.07, 6.45) is 0. The Bertz CT molecular complexity index is 420. The van der Waals surface area contributed by atoms with E-state index in [1.54, 1.807) is 0 Å². The molecule has 1 atom stereocenters. The summed E-state index contributed by atoms with van der Waals surface area (Å²) >= 11 is 0. The lowest BCUT2D eigenvalue weighted by Gasteiger charge is -2.20. The van der Waals surface area contributed by atoms with Crippen molar-refractivity contribution in [1.29, 1.82) is 0 Å². The van der Waals surface area contributed by atoms with Crippen LogP contribution in [0.5, 0.6) is 5.75 Å². The summed E-state index contributed by atoms with van der Waals surface area (Å²) in [4.78, 5) is 11.7. The minimum absolute atomic E-state index is 0.0626. The van der Waals surface area contributed by atoms with Gasteiger partial charge in [0.2, 0.25) is 5.91 Å². The van der Waals surface area contributed by atoms with Crippen molar-refractivity contribution in [2.45, 2.75) is 46.3 Å². The molecule has 1 N–H and O–H groups in total. The zero-order valence-corrected chi connectivity index (χ0v) is 13.0. The van der Waals surface area contributed by atoms with Crippen LogP contribution in [-0.2, 0) is 9.53 Å². The normalized spacial score (nSPS) is 12.8. The molecule has 0 aromatic heterocycles. The molecule has 1 aromatic carbocycles. The van der Waals surface area contributed by atoms with Gasteiger partial charge in [0.05, 0.1) is 11.6 Å². The van der Waals surface area contributed by atoms with Crippen LogP contribution in [0, 0.1) is 6.92 Å². The molecule has 0 fully saturated rings. The molecule has 1 unspecified atom stereocenters. The van der Waals surface area contributed by atoms with Gasteiger partial charge in [-0.3, -0.25) is 4.79 Å². The highest BCUT2D eigenvalue weighted by Gasteiger charge is 2.14. The van der Waals surface area contributed by atoms with Gasteiger partial charge in [-0.15, -0.1) is 0 Å². The Hall–Kier alpha value is -1.55. The molecule has 0 aliphatic carbocycles. The molecule has 0 aliphatic heterocycles. The minimum Gasteiger partial charge on any atom is -0.491 e. The highest BCUT2D eigenvalue weighted by molar-refractivity contribution is 5.77. The maximum atomic E-state index is 11.7. The Morgan fingerprint density at radius 2 is 1.85 bits per heavy atom. The highest BCUT2D eigenvalue weighted by Crippen LogP contribution is 2.11. The molecular weight excluding hydrogens is 254 g/mol. The lowest BCUT2D eigenvalue weighted by atomic mass is 10.2. The molecule has 0 aliphatic rings. The summed E-state index contributed by atoms with van der Waals surface area (Å²) in [5.74, 6) is 0.683. The molecule has 1 aromatic rings. The Balaban J connectivity index is 2.27. The maximum absolute atomic E-state index is 11.7. The lowest BCUT2D eigenvalue weighted by Crippen LogP contribution is -2.40. The van der Waals surface area contributed by atoms with Crippen molar-refractivity contribution in [2.24, 2.45) is 0 Å². The number of ether oxygens (including phenoxy) is 2. The summed E-state index contributed by atoms with van der Waals surface area (Å²) < 4.78 is 11.0. The van der Waals surface area contributed by atoms with Gasteiger partial charge in [-0.25, -0.2) is 0 Å². The van der Waals surface area contributed by atoms with Crippen molar-refractivity contribution in [2.75, 3.05) is 13.2 Å². The quantitative estimate of drug-likeness (QED) is 0.871. The first-order valence-electron chi connectivity index (χ1n) is 6.89. The van der Waals surface area contributed by atoms with E-state index in [0.29, 0.717) is 6.61 Å². The Labute approximate surface area is 121 Å². The number of nitrogens with one attached hydrogen (secondary N) is 1. The molecule has 20 heavy (non-hydrogen) atoms.